The van der Waals surface area contributed by atoms with Gasteiger partial charge < -0.3 is 9.84 Å². The molecule has 2 aromatic carbocycles. The molecule has 2 rings (SSSR count). The summed E-state index contributed by atoms with van der Waals surface area (Å²) in [5.74, 6) is 1.26. The number of hydrogen-bond acceptors (Lipinski definition) is 2. The Balaban J connectivity index is 0.000000479. The molecule has 0 atom stereocenters. The van der Waals surface area contributed by atoms with Gasteiger partial charge in [0.2, 0.25) is 0 Å². The van der Waals surface area contributed by atoms with Gasteiger partial charge in [-0.2, -0.15) is 0 Å². The highest BCUT2D eigenvalue weighted by molar-refractivity contribution is 9.08. The number of ether oxygens (including phenoxy) is 1. The van der Waals surface area contributed by atoms with E-state index in [1.54, 1.807) is 0 Å². The van der Waals surface area contributed by atoms with Gasteiger partial charge in [-0.05, 0) is 36.8 Å². The van der Waals surface area contributed by atoms with Crippen LogP contribution in [-0.4, -0.2) is 18.3 Å². The minimum absolute atomic E-state index is 0.354. The second kappa shape index (κ2) is 19.5. The van der Waals surface area contributed by atoms with Gasteiger partial charge in [-0.1, -0.05) is 129 Å². The van der Waals surface area contributed by atoms with Crippen molar-refractivity contribution in [2.75, 3.05) is 13.2 Å². The van der Waals surface area contributed by atoms with Crippen molar-refractivity contribution >= 4 is 15.9 Å². The van der Waals surface area contributed by atoms with Crippen molar-refractivity contribution in [2.24, 2.45) is 11.8 Å². The van der Waals surface area contributed by atoms with Crippen LogP contribution in [-0.2, 0) is 16.7 Å². The maximum absolute atomic E-state index is 8.53. The molecule has 2 aromatic rings. The molecule has 0 fully saturated rings. The molecule has 0 bridgehead atoms. The second-order valence-corrected chi connectivity index (χ2v) is 8.73. The zero-order valence-corrected chi connectivity index (χ0v) is 22.2. The Labute approximate surface area is 200 Å². The van der Waals surface area contributed by atoms with Gasteiger partial charge in [0.15, 0.2) is 0 Å². The Morgan fingerprint density at radius 2 is 1.13 bits per heavy atom. The van der Waals surface area contributed by atoms with Crippen LogP contribution >= 0.6 is 15.9 Å². The van der Waals surface area contributed by atoms with Crippen LogP contribution in [0.15, 0.2) is 48.5 Å². The van der Waals surface area contributed by atoms with Crippen LogP contribution in [0.3, 0.4) is 0 Å². The molecular weight excluding hydrogens is 448 g/mol. The third kappa shape index (κ3) is 15.3. The summed E-state index contributed by atoms with van der Waals surface area (Å²) in [6.45, 7) is 14.8. The van der Waals surface area contributed by atoms with Crippen LogP contribution in [0.5, 0.6) is 0 Å². The van der Waals surface area contributed by atoms with Gasteiger partial charge in [-0.25, -0.2) is 0 Å². The number of halogens is 1. The summed E-state index contributed by atoms with van der Waals surface area (Å²) in [7, 11) is 0. The third-order valence-corrected chi connectivity index (χ3v) is 6.23. The van der Waals surface area contributed by atoms with E-state index < -0.39 is 0 Å². The first-order chi connectivity index (χ1) is 14.9. The van der Waals surface area contributed by atoms with Gasteiger partial charge in [0.1, 0.15) is 0 Å². The SMILES string of the molecule is CCC(CC)CO.CCC(CC)COCc1ccc(C)cc1.Cc1ccc(CBr)cc1. The highest BCUT2D eigenvalue weighted by Crippen LogP contribution is 2.10. The van der Waals surface area contributed by atoms with Gasteiger partial charge in [0.05, 0.1) is 6.61 Å². The molecule has 0 radical (unpaired) electrons. The molecule has 176 valence electrons. The summed E-state index contributed by atoms with van der Waals surface area (Å²) in [4.78, 5) is 0. The van der Waals surface area contributed by atoms with Crippen molar-refractivity contribution in [1.29, 1.82) is 0 Å². The monoisotopic (exact) mass is 492 g/mol. The molecule has 1 N–H and O–H groups in total. The van der Waals surface area contributed by atoms with Crippen molar-refractivity contribution in [3.8, 4) is 0 Å². The van der Waals surface area contributed by atoms with Gasteiger partial charge in [0, 0.05) is 18.5 Å². The van der Waals surface area contributed by atoms with E-state index in [9.17, 15) is 0 Å². The predicted molar refractivity (Wildman–Crippen MR) is 140 cm³/mol. The molecule has 0 aromatic heterocycles. The van der Waals surface area contributed by atoms with Crippen LogP contribution in [0.4, 0.5) is 0 Å². The number of aryl methyl sites for hydroxylation is 2. The molecule has 0 aliphatic carbocycles. The Bertz CT molecular complexity index is 624. The van der Waals surface area contributed by atoms with Crippen molar-refractivity contribution in [1.82, 2.24) is 0 Å². The smallest absolute Gasteiger partial charge is 0.0717 e. The van der Waals surface area contributed by atoms with E-state index in [-0.39, 0.29) is 0 Å². The lowest BCUT2D eigenvalue weighted by atomic mass is 10.1. The molecule has 2 nitrogen and oxygen atoms in total. The van der Waals surface area contributed by atoms with E-state index in [1.807, 2.05) is 0 Å². The van der Waals surface area contributed by atoms with Crippen molar-refractivity contribution in [3.05, 3.63) is 70.8 Å². The molecule has 0 heterocycles. The quantitative estimate of drug-likeness (QED) is 0.338. The summed E-state index contributed by atoms with van der Waals surface area (Å²) in [5, 5.41) is 9.48. The van der Waals surface area contributed by atoms with E-state index in [0.29, 0.717) is 12.5 Å². The van der Waals surface area contributed by atoms with Gasteiger partial charge in [0.25, 0.3) is 0 Å². The van der Waals surface area contributed by atoms with Crippen molar-refractivity contribution in [3.63, 3.8) is 0 Å². The van der Waals surface area contributed by atoms with Gasteiger partial charge >= 0.3 is 0 Å². The lowest BCUT2D eigenvalue weighted by Gasteiger charge is -2.12. The Morgan fingerprint density at radius 3 is 1.45 bits per heavy atom. The van der Waals surface area contributed by atoms with Crippen LogP contribution in [0, 0.1) is 25.7 Å². The zero-order chi connectivity index (χ0) is 23.5. The minimum atomic E-state index is 0.354. The number of rotatable bonds is 10. The Kier molecular flexibility index (Phi) is 18.8. The van der Waals surface area contributed by atoms with Crippen LogP contribution in [0.2, 0.25) is 0 Å². The number of aliphatic hydroxyl groups excluding tert-OH is 1. The Hall–Kier alpha value is -1.16. The average molecular weight is 494 g/mol. The first kappa shape index (κ1) is 29.8. The summed E-state index contributed by atoms with van der Waals surface area (Å²) in [5.41, 5.74) is 5.23. The van der Waals surface area contributed by atoms with Crippen LogP contribution < -0.4 is 0 Å². The molecule has 0 saturated carbocycles. The van der Waals surface area contributed by atoms with Gasteiger partial charge in [-0.3, -0.25) is 0 Å². The fraction of sp³-hybridized carbons (Fsp3) is 0.571. The molecule has 0 saturated heterocycles. The van der Waals surface area contributed by atoms with E-state index in [2.05, 4.69) is 106 Å². The molecule has 31 heavy (non-hydrogen) atoms. The molecule has 3 heteroatoms. The lowest BCUT2D eigenvalue weighted by molar-refractivity contribution is 0.0843. The van der Waals surface area contributed by atoms with Gasteiger partial charge in [-0.15, -0.1) is 0 Å². The summed E-state index contributed by atoms with van der Waals surface area (Å²) in [6, 6.07) is 17.1. The average Bonchev–Trinajstić information content (AvgIpc) is 2.80. The topological polar surface area (TPSA) is 29.5 Å². The fourth-order valence-electron chi connectivity index (χ4n) is 2.78. The van der Waals surface area contributed by atoms with Crippen LogP contribution in [0.25, 0.3) is 0 Å². The minimum Gasteiger partial charge on any atom is -0.396 e. The number of benzene rings is 2. The van der Waals surface area contributed by atoms with E-state index in [4.69, 9.17) is 9.84 Å². The normalized spacial score (nSPS) is 10.4. The number of hydrogen-bond donors (Lipinski definition) is 1. The summed E-state index contributed by atoms with van der Waals surface area (Å²) in [6.07, 6.45) is 4.63. The first-order valence-corrected chi connectivity index (χ1v) is 12.9. The molecule has 0 aliphatic rings. The standard InChI is InChI=1S/C14H22O.C8H9Br.C6H14O/c1-4-13(5-2)10-15-11-14-8-6-12(3)7-9-14;1-7-2-4-8(6-9)5-3-7;1-3-6(4-2)5-7/h6-9,13H,4-5,10-11H2,1-3H3;2-5H,6H2,1H3;6-7H,3-5H2,1-2H3. The van der Waals surface area contributed by atoms with E-state index in [0.717, 1.165) is 37.3 Å². The predicted octanol–water partition coefficient (Wildman–Crippen LogP) is 8.25. The fourth-order valence-corrected chi connectivity index (χ4v) is 3.15. The Morgan fingerprint density at radius 1 is 0.710 bits per heavy atom. The van der Waals surface area contributed by atoms with E-state index >= 15 is 0 Å². The first-order valence-electron chi connectivity index (χ1n) is 11.8. The summed E-state index contributed by atoms with van der Waals surface area (Å²) < 4.78 is 5.70. The molecular formula is C28H45BrO2. The maximum atomic E-state index is 8.53. The third-order valence-electron chi connectivity index (χ3n) is 5.59. The highest BCUT2D eigenvalue weighted by Gasteiger charge is 2.03. The van der Waals surface area contributed by atoms with Crippen molar-refractivity contribution < 1.29 is 9.84 Å². The number of aliphatic hydroxyl groups is 1. The van der Waals surface area contributed by atoms with Crippen molar-refractivity contribution in [2.45, 2.75) is 79.2 Å². The maximum Gasteiger partial charge on any atom is 0.0717 e. The van der Waals surface area contributed by atoms with Crippen LogP contribution in [0.1, 0.15) is 75.6 Å². The zero-order valence-electron chi connectivity index (χ0n) is 20.7. The molecule has 0 unspecified atom stereocenters. The molecule has 0 amide bonds. The van der Waals surface area contributed by atoms with E-state index in [1.165, 1.54) is 35.1 Å². The summed E-state index contributed by atoms with van der Waals surface area (Å²) >= 11 is 3.38. The number of alkyl halides is 1. The second-order valence-electron chi connectivity index (χ2n) is 8.17. The largest absolute Gasteiger partial charge is 0.396 e. The molecule has 0 aliphatic heterocycles. The molecule has 0 spiro atoms. The highest BCUT2D eigenvalue weighted by atomic mass is 79.9. The lowest BCUT2D eigenvalue weighted by Crippen LogP contribution is -2.07.